The molecule has 13 heavy (non-hydrogen) atoms. The van der Waals surface area contributed by atoms with Crippen LogP contribution in [0, 0.1) is 5.92 Å². The Balaban J connectivity index is 4.45. The van der Waals surface area contributed by atoms with Crippen molar-refractivity contribution in [3.63, 3.8) is 0 Å². The normalized spacial score (nSPS) is 18.1. The van der Waals surface area contributed by atoms with Crippen molar-refractivity contribution in [1.29, 1.82) is 0 Å². The summed E-state index contributed by atoms with van der Waals surface area (Å²) in [5.41, 5.74) is 0. The number of rotatable bonds is 4. The van der Waals surface area contributed by atoms with Crippen LogP contribution in [0.15, 0.2) is 0 Å². The third kappa shape index (κ3) is 3.23. The first-order chi connectivity index (χ1) is 5.84. The molecule has 0 aliphatic heterocycles. The lowest BCUT2D eigenvalue weighted by molar-refractivity contribution is -0.157. The molecule has 0 heterocycles. The fraction of sp³-hybridized carbons (Fsp3) is 0.875. The van der Waals surface area contributed by atoms with Crippen molar-refractivity contribution in [2.75, 3.05) is 6.61 Å². The van der Waals surface area contributed by atoms with E-state index in [1.54, 1.807) is 20.8 Å². The van der Waals surface area contributed by atoms with Gasteiger partial charge in [-0.15, -0.1) is 0 Å². The zero-order chi connectivity index (χ0) is 10.6. The molecule has 2 atom stereocenters. The quantitative estimate of drug-likeness (QED) is 0.615. The highest BCUT2D eigenvalue weighted by atomic mass is 79.9. The van der Waals surface area contributed by atoms with Crippen LogP contribution in [-0.2, 0) is 9.53 Å². The van der Waals surface area contributed by atoms with Gasteiger partial charge in [0.2, 0.25) is 0 Å². The molecule has 0 rings (SSSR count). The van der Waals surface area contributed by atoms with Crippen LogP contribution in [-0.4, -0.2) is 28.4 Å². The minimum atomic E-state index is -2.50. The minimum Gasteiger partial charge on any atom is -0.463 e. The second-order valence-electron chi connectivity index (χ2n) is 3.03. The van der Waals surface area contributed by atoms with E-state index in [0.29, 0.717) is 0 Å². The van der Waals surface area contributed by atoms with Gasteiger partial charge >= 0.3 is 5.97 Å². The fourth-order valence-corrected chi connectivity index (χ4v) is 1.41. The molecule has 0 saturated carbocycles. The lowest BCUT2D eigenvalue weighted by Gasteiger charge is -2.24. The van der Waals surface area contributed by atoms with Gasteiger partial charge < -0.3 is 9.84 Å². The number of alkyl halides is 2. The van der Waals surface area contributed by atoms with Gasteiger partial charge in [-0.1, -0.05) is 13.8 Å². The molecule has 5 heteroatoms. The molecule has 0 bridgehead atoms. The van der Waals surface area contributed by atoms with Gasteiger partial charge in [0.1, 0.15) is 6.10 Å². The van der Waals surface area contributed by atoms with Crippen molar-refractivity contribution in [2.24, 2.45) is 5.92 Å². The van der Waals surface area contributed by atoms with Crippen molar-refractivity contribution in [2.45, 2.75) is 31.5 Å². The summed E-state index contributed by atoms with van der Waals surface area (Å²) in [6.45, 7) is 4.88. The number of hydrogen-bond donors (Lipinski definition) is 1. The summed E-state index contributed by atoms with van der Waals surface area (Å²) in [6, 6.07) is 0. The molecule has 78 valence electrons. The first kappa shape index (κ1) is 12.8. The predicted octanol–water partition coefficient (Wildman–Crippen LogP) is 1.63. The third-order valence-electron chi connectivity index (χ3n) is 1.55. The monoisotopic (exact) mass is 256 g/mol. The molecule has 0 amide bonds. The van der Waals surface area contributed by atoms with E-state index in [4.69, 9.17) is 0 Å². The van der Waals surface area contributed by atoms with E-state index in [9.17, 15) is 14.3 Å². The summed E-state index contributed by atoms with van der Waals surface area (Å²) < 4.78 is 15.5. The van der Waals surface area contributed by atoms with Gasteiger partial charge in [-0.2, -0.15) is 0 Å². The number of halogens is 2. The van der Waals surface area contributed by atoms with E-state index >= 15 is 0 Å². The van der Waals surface area contributed by atoms with E-state index in [0.717, 1.165) is 0 Å². The Hall–Kier alpha value is -0.160. The number of esters is 1. The molecule has 0 aromatic carbocycles. The number of ether oxygens (including phenoxy) is 1. The molecule has 0 spiro atoms. The Bertz CT molecular complexity index is 182. The summed E-state index contributed by atoms with van der Waals surface area (Å²) in [6.07, 6.45) is -1.41. The maximum absolute atomic E-state index is 13.5. The maximum atomic E-state index is 13.5. The number of hydrogen-bond acceptors (Lipinski definition) is 3. The van der Waals surface area contributed by atoms with Crippen LogP contribution in [0.1, 0.15) is 20.8 Å². The fourth-order valence-electron chi connectivity index (χ4n) is 0.767. The SMILES string of the molecule is CCOC(=O)[C@](F)(Br)[C@H](O)C(C)C. The van der Waals surface area contributed by atoms with Crippen LogP contribution in [0.25, 0.3) is 0 Å². The zero-order valence-corrected chi connectivity index (χ0v) is 9.47. The topological polar surface area (TPSA) is 46.5 Å². The van der Waals surface area contributed by atoms with Crippen LogP contribution in [0.3, 0.4) is 0 Å². The average Bonchev–Trinajstić information content (AvgIpc) is 2.03. The van der Waals surface area contributed by atoms with E-state index in [1.807, 2.05) is 0 Å². The molecule has 0 aliphatic rings. The lowest BCUT2D eigenvalue weighted by Crippen LogP contribution is -2.44. The predicted molar refractivity (Wildman–Crippen MR) is 50.2 cm³/mol. The molecule has 0 fully saturated rings. The Morgan fingerprint density at radius 2 is 2.15 bits per heavy atom. The summed E-state index contributed by atoms with van der Waals surface area (Å²) in [7, 11) is 0. The van der Waals surface area contributed by atoms with E-state index in [2.05, 4.69) is 20.7 Å². The van der Waals surface area contributed by atoms with Crippen LogP contribution >= 0.6 is 15.9 Å². The van der Waals surface area contributed by atoms with E-state index in [1.165, 1.54) is 0 Å². The second kappa shape index (κ2) is 4.91. The van der Waals surface area contributed by atoms with E-state index in [-0.39, 0.29) is 12.5 Å². The summed E-state index contributed by atoms with van der Waals surface area (Å²) in [4.78, 5) is 11.0. The highest BCUT2D eigenvalue weighted by Crippen LogP contribution is 2.30. The number of carbonyl (C=O) groups excluding carboxylic acids is 1. The highest BCUT2D eigenvalue weighted by Gasteiger charge is 2.46. The van der Waals surface area contributed by atoms with E-state index < -0.39 is 16.7 Å². The molecular weight excluding hydrogens is 243 g/mol. The molecule has 0 aromatic rings. The van der Waals surface area contributed by atoms with Gasteiger partial charge in [-0.05, 0) is 28.8 Å². The lowest BCUT2D eigenvalue weighted by atomic mass is 10.0. The first-order valence-corrected chi connectivity index (χ1v) is 4.86. The van der Waals surface area contributed by atoms with Gasteiger partial charge in [-0.25, -0.2) is 9.18 Å². The molecule has 3 nitrogen and oxygen atoms in total. The van der Waals surface area contributed by atoms with Crippen molar-refractivity contribution in [3.05, 3.63) is 0 Å². The van der Waals surface area contributed by atoms with Gasteiger partial charge in [0.05, 0.1) is 6.61 Å². The second-order valence-corrected chi connectivity index (χ2v) is 4.19. The Morgan fingerprint density at radius 1 is 1.69 bits per heavy atom. The molecular formula is C8H14BrFO3. The van der Waals surface area contributed by atoms with Gasteiger partial charge in [-0.3, -0.25) is 0 Å². The van der Waals surface area contributed by atoms with Gasteiger partial charge in [0.25, 0.3) is 4.58 Å². The summed E-state index contributed by atoms with van der Waals surface area (Å²) in [5.74, 6) is -1.45. The van der Waals surface area contributed by atoms with Crippen LogP contribution in [0.5, 0.6) is 0 Å². The Labute approximate surface area is 85.4 Å². The van der Waals surface area contributed by atoms with Crippen molar-refractivity contribution >= 4 is 21.9 Å². The first-order valence-electron chi connectivity index (χ1n) is 4.07. The van der Waals surface area contributed by atoms with Crippen molar-refractivity contribution in [3.8, 4) is 0 Å². The van der Waals surface area contributed by atoms with Gasteiger partial charge in [0, 0.05) is 0 Å². The molecule has 1 N–H and O–H groups in total. The Morgan fingerprint density at radius 3 is 2.46 bits per heavy atom. The van der Waals surface area contributed by atoms with Crippen molar-refractivity contribution < 1.29 is 19.0 Å². The molecule has 0 saturated heterocycles. The van der Waals surface area contributed by atoms with Crippen molar-refractivity contribution in [1.82, 2.24) is 0 Å². The van der Waals surface area contributed by atoms with Crippen LogP contribution < -0.4 is 0 Å². The molecule has 0 unspecified atom stereocenters. The molecule has 0 aromatic heterocycles. The molecule has 0 aliphatic carbocycles. The summed E-state index contributed by atoms with van der Waals surface area (Å²) in [5, 5.41) is 9.33. The third-order valence-corrected chi connectivity index (χ3v) is 2.34. The Kier molecular flexibility index (Phi) is 4.85. The number of carbonyl (C=O) groups is 1. The largest absolute Gasteiger partial charge is 0.463 e. The van der Waals surface area contributed by atoms with Crippen LogP contribution in [0.2, 0.25) is 0 Å². The minimum absolute atomic E-state index is 0.0842. The highest BCUT2D eigenvalue weighted by molar-refractivity contribution is 9.10. The number of aliphatic hydroxyl groups excluding tert-OH is 1. The maximum Gasteiger partial charge on any atom is 0.357 e. The van der Waals surface area contributed by atoms with Gasteiger partial charge in [0.15, 0.2) is 0 Å². The standard InChI is InChI=1S/C8H14BrFO3/c1-4-13-7(12)8(9,10)6(11)5(2)3/h5-6,11H,4H2,1-3H3/t6-,8+/m1/s1. The molecule has 0 radical (unpaired) electrons. The average molecular weight is 257 g/mol. The summed E-state index contributed by atoms with van der Waals surface area (Å²) >= 11 is 2.52. The zero-order valence-electron chi connectivity index (χ0n) is 7.88. The number of aliphatic hydroxyl groups is 1. The smallest absolute Gasteiger partial charge is 0.357 e. The van der Waals surface area contributed by atoms with Crippen LogP contribution in [0.4, 0.5) is 4.39 Å².